The number of likely N-dealkylation sites (tertiary alicyclic amines) is 1. The molecule has 1 aliphatic heterocycles. The standard InChI is InChI=1S/C18H28N4O4/c1-18(2,3)26-17(24)21-9-5-6-11(10-21)13-14(16(23)25-4)20-22(15(13)19)12-7-8-12/h11-12H,5-10,19H2,1-4H3. The summed E-state index contributed by atoms with van der Waals surface area (Å²) in [7, 11) is 1.34. The number of carbonyl (C=O) groups excluding carboxylic acids is 2. The van der Waals surface area contributed by atoms with Gasteiger partial charge in [0.15, 0.2) is 5.69 Å². The molecule has 1 saturated carbocycles. The van der Waals surface area contributed by atoms with Gasteiger partial charge in [-0.1, -0.05) is 0 Å². The van der Waals surface area contributed by atoms with Crippen LogP contribution in [-0.2, 0) is 9.47 Å². The monoisotopic (exact) mass is 364 g/mol. The predicted molar refractivity (Wildman–Crippen MR) is 96.0 cm³/mol. The first kappa shape index (κ1) is 18.5. The third-order valence-corrected chi connectivity index (χ3v) is 4.74. The lowest BCUT2D eigenvalue weighted by atomic mass is 9.90. The van der Waals surface area contributed by atoms with Crippen molar-refractivity contribution in [3.8, 4) is 0 Å². The lowest BCUT2D eigenvalue weighted by Crippen LogP contribution is -2.42. The molecule has 0 aromatic carbocycles. The Balaban J connectivity index is 1.85. The molecular weight excluding hydrogens is 336 g/mol. The number of hydrogen-bond donors (Lipinski definition) is 1. The fourth-order valence-electron chi connectivity index (χ4n) is 3.41. The Morgan fingerprint density at radius 1 is 1.23 bits per heavy atom. The lowest BCUT2D eigenvalue weighted by Gasteiger charge is -2.34. The molecule has 2 aliphatic rings. The van der Waals surface area contributed by atoms with E-state index in [0.29, 0.717) is 24.5 Å². The van der Waals surface area contributed by atoms with Crippen molar-refractivity contribution >= 4 is 17.9 Å². The van der Waals surface area contributed by atoms with Gasteiger partial charge in [0.1, 0.15) is 11.4 Å². The molecule has 0 radical (unpaired) electrons. The normalized spacial score (nSPS) is 20.8. The van der Waals surface area contributed by atoms with Crippen molar-refractivity contribution in [2.45, 2.75) is 64.0 Å². The van der Waals surface area contributed by atoms with Crippen molar-refractivity contribution in [2.75, 3.05) is 25.9 Å². The van der Waals surface area contributed by atoms with Crippen molar-refractivity contribution in [3.63, 3.8) is 0 Å². The van der Waals surface area contributed by atoms with E-state index in [1.54, 1.807) is 9.58 Å². The maximum absolute atomic E-state index is 12.4. The number of nitrogens with zero attached hydrogens (tertiary/aromatic N) is 3. The van der Waals surface area contributed by atoms with Crippen molar-refractivity contribution in [1.29, 1.82) is 0 Å². The van der Waals surface area contributed by atoms with Crippen LogP contribution >= 0.6 is 0 Å². The largest absolute Gasteiger partial charge is 0.464 e. The Labute approximate surface area is 153 Å². The van der Waals surface area contributed by atoms with Crippen LogP contribution in [0.15, 0.2) is 0 Å². The minimum Gasteiger partial charge on any atom is -0.464 e. The number of anilines is 1. The van der Waals surface area contributed by atoms with E-state index in [4.69, 9.17) is 15.2 Å². The highest BCUT2D eigenvalue weighted by molar-refractivity contribution is 5.90. The van der Waals surface area contributed by atoms with Gasteiger partial charge in [-0.15, -0.1) is 0 Å². The van der Waals surface area contributed by atoms with E-state index in [9.17, 15) is 9.59 Å². The first-order chi connectivity index (χ1) is 12.2. The number of methoxy groups -OCH3 is 1. The number of nitrogens with two attached hydrogens (primary N) is 1. The van der Waals surface area contributed by atoms with Crippen LogP contribution in [0.4, 0.5) is 10.6 Å². The van der Waals surface area contributed by atoms with Gasteiger partial charge in [0.2, 0.25) is 0 Å². The van der Waals surface area contributed by atoms with Gasteiger partial charge < -0.3 is 20.1 Å². The average molecular weight is 364 g/mol. The van der Waals surface area contributed by atoms with E-state index in [2.05, 4.69) is 5.10 Å². The van der Waals surface area contributed by atoms with Gasteiger partial charge in [0, 0.05) is 24.6 Å². The summed E-state index contributed by atoms with van der Waals surface area (Å²) in [4.78, 5) is 26.4. The van der Waals surface area contributed by atoms with Crippen molar-refractivity contribution < 1.29 is 19.1 Å². The number of aromatic nitrogens is 2. The van der Waals surface area contributed by atoms with Crippen LogP contribution in [0.5, 0.6) is 0 Å². The fourth-order valence-corrected chi connectivity index (χ4v) is 3.41. The van der Waals surface area contributed by atoms with E-state index in [1.807, 2.05) is 20.8 Å². The Hall–Kier alpha value is -2.25. The molecule has 1 aromatic heterocycles. The molecule has 2 N–H and O–H groups in total. The molecule has 8 nitrogen and oxygen atoms in total. The van der Waals surface area contributed by atoms with Crippen LogP contribution in [0.3, 0.4) is 0 Å². The summed E-state index contributed by atoms with van der Waals surface area (Å²) < 4.78 is 12.1. The highest BCUT2D eigenvalue weighted by Crippen LogP contribution is 2.41. The molecule has 8 heteroatoms. The van der Waals surface area contributed by atoms with Crippen LogP contribution in [0.25, 0.3) is 0 Å². The summed E-state index contributed by atoms with van der Waals surface area (Å²) >= 11 is 0. The molecule has 144 valence electrons. The average Bonchev–Trinajstić information content (AvgIpc) is 3.36. The Morgan fingerprint density at radius 3 is 2.50 bits per heavy atom. The van der Waals surface area contributed by atoms with Crippen molar-refractivity contribution in [2.24, 2.45) is 0 Å². The number of ether oxygens (including phenoxy) is 2. The van der Waals surface area contributed by atoms with Gasteiger partial charge in [-0.2, -0.15) is 5.10 Å². The molecule has 1 unspecified atom stereocenters. The van der Waals surface area contributed by atoms with E-state index in [1.165, 1.54) is 7.11 Å². The van der Waals surface area contributed by atoms with Crippen LogP contribution in [0, 0.1) is 0 Å². The number of carbonyl (C=O) groups is 2. The minimum absolute atomic E-state index is 0.0575. The van der Waals surface area contributed by atoms with Gasteiger partial charge in [0.25, 0.3) is 0 Å². The first-order valence-corrected chi connectivity index (χ1v) is 9.15. The smallest absolute Gasteiger partial charge is 0.410 e. The zero-order valence-electron chi connectivity index (χ0n) is 15.9. The molecule has 1 aromatic rings. The summed E-state index contributed by atoms with van der Waals surface area (Å²) in [5, 5.41) is 4.43. The third kappa shape index (κ3) is 3.78. The zero-order valence-corrected chi connectivity index (χ0v) is 15.9. The number of esters is 1. The second-order valence-corrected chi connectivity index (χ2v) is 8.08. The predicted octanol–water partition coefficient (Wildman–Crippen LogP) is 2.70. The maximum Gasteiger partial charge on any atom is 0.410 e. The Kier molecular flexibility index (Phi) is 4.86. The summed E-state index contributed by atoms with van der Waals surface area (Å²) in [6.07, 6.45) is 3.35. The summed E-state index contributed by atoms with van der Waals surface area (Å²) in [5.41, 5.74) is 6.78. The van der Waals surface area contributed by atoms with E-state index in [-0.39, 0.29) is 23.7 Å². The SMILES string of the molecule is COC(=O)c1nn(C2CC2)c(N)c1C1CCCN(C(=O)OC(C)(C)C)C1. The van der Waals surface area contributed by atoms with E-state index in [0.717, 1.165) is 25.7 Å². The third-order valence-electron chi connectivity index (χ3n) is 4.74. The van der Waals surface area contributed by atoms with Crippen LogP contribution in [-0.4, -0.2) is 52.5 Å². The topological polar surface area (TPSA) is 99.7 Å². The van der Waals surface area contributed by atoms with Gasteiger partial charge in [-0.3, -0.25) is 0 Å². The molecule has 3 rings (SSSR count). The summed E-state index contributed by atoms with van der Waals surface area (Å²) in [6, 6.07) is 0.262. The van der Waals surface area contributed by atoms with Crippen molar-refractivity contribution in [3.05, 3.63) is 11.3 Å². The molecule has 0 spiro atoms. The number of piperidine rings is 1. The van der Waals surface area contributed by atoms with Gasteiger partial charge >= 0.3 is 12.1 Å². The number of amides is 1. The number of hydrogen-bond acceptors (Lipinski definition) is 6. The highest BCUT2D eigenvalue weighted by Gasteiger charge is 2.37. The summed E-state index contributed by atoms with van der Waals surface area (Å²) in [5.74, 6) is -0.0256. The van der Waals surface area contributed by atoms with Gasteiger partial charge in [0.05, 0.1) is 13.2 Å². The summed E-state index contributed by atoms with van der Waals surface area (Å²) in [6.45, 7) is 6.63. The molecule has 1 atom stereocenters. The molecule has 1 aliphatic carbocycles. The first-order valence-electron chi connectivity index (χ1n) is 9.15. The van der Waals surface area contributed by atoms with E-state index < -0.39 is 11.6 Å². The molecule has 26 heavy (non-hydrogen) atoms. The lowest BCUT2D eigenvalue weighted by molar-refractivity contribution is 0.0198. The minimum atomic E-state index is -0.545. The molecule has 2 heterocycles. The van der Waals surface area contributed by atoms with Crippen LogP contribution in [0.1, 0.15) is 74.5 Å². The molecule has 2 fully saturated rings. The second kappa shape index (κ2) is 6.81. The second-order valence-electron chi connectivity index (χ2n) is 8.08. The Morgan fingerprint density at radius 2 is 1.92 bits per heavy atom. The van der Waals surface area contributed by atoms with Crippen LogP contribution < -0.4 is 5.73 Å². The van der Waals surface area contributed by atoms with Gasteiger partial charge in [-0.25, -0.2) is 14.3 Å². The molecule has 1 saturated heterocycles. The number of rotatable bonds is 3. The van der Waals surface area contributed by atoms with Gasteiger partial charge in [-0.05, 0) is 46.5 Å². The quantitative estimate of drug-likeness (QED) is 0.828. The Bertz CT molecular complexity index is 703. The van der Waals surface area contributed by atoms with Crippen LogP contribution in [0.2, 0.25) is 0 Å². The zero-order chi connectivity index (χ0) is 19.1. The van der Waals surface area contributed by atoms with Crippen molar-refractivity contribution in [1.82, 2.24) is 14.7 Å². The van der Waals surface area contributed by atoms with E-state index >= 15 is 0 Å². The molecule has 1 amide bonds. The fraction of sp³-hybridized carbons (Fsp3) is 0.722. The highest BCUT2D eigenvalue weighted by atomic mass is 16.6. The molecule has 0 bridgehead atoms. The maximum atomic E-state index is 12.4. The number of nitrogen functional groups attached to an aromatic ring is 1. The molecular formula is C18H28N4O4.